The van der Waals surface area contributed by atoms with Crippen LogP contribution >= 0.6 is 15.9 Å². The van der Waals surface area contributed by atoms with Gasteiger partial charge in [-0.15, -0.1) is 0 Å². The van der Waals surface area contributed by atoms with Crippen molar-refractivity contribution in [2.24, 2.45) is 0 Å². The van der Waals surface area contributed by atoms with Gasteiger partial charge in [-0.1, -0.05) is 0 Å². The van der Waals surface area contributed by atoms with Crippen LogP contribution in [0.3, 0.4) is 0 Å². The molecule has 0 saturated carbocycles. The van der Waals surface area contributed by atoms with E-state index in [1.807, 2.05) is 0 Å². The standard InChI is InChI=1S/C9H6BrFO2/c1-5(13)8-3-7(11)2-6(4-12)9(8)10/h2-4H,1H3. The number of halogens is 2. The first kappa shape index (κ1) is 10.1. The highest BCUT2D eigenvalue weighted by Gasteiger charge is 2.11. The van der Waals surface area contributed by atoms with Crippen LogP contribution in [0.4, 0.5) is 4.39 Å². The molecule has 0 amide bonds. The fourth-order valence-electron chi connectivity index (χ4n) is 0.952. The Morgan fingerprint density at radius 3 is 2.62 bits per heavy atom. The van der Waals surface area contributed by atoms with Gasteiger partial charge >= 0.3 is 0 Å². The van der Waals surface area contributed by atoms with Gasteiger partial charge in [0.25, 0.3) is 0 Å². The highest BCUT2D eigenvalue weighted by molar-refractivity contribution is 9.10. The zero-order valence-electron chi connectivity index (χ0n) is 6.80. The summed E-state index contributed by atoms with van der Waals surface area (Å²) in [6.45, 7) is 1.31. The van der Waals surface area contributed by atoms with Crippen molar-refractivity contribution in [1.29, 1.82) is 0 Å². The number of rotatable bonds is 2. The predicted octanol–water partition coefficient (Wildman–Crippen LogP) is 2.60. The quantitative estimate of drug-likeness (QED) is 0.592. The van der Waals surface area contributed by atoms with Crippen LogP contribution in [0, 0.1) is 5.82 Å². The number of benzene rings is 1. The van der Waals surface area contributed by atoms with Crippen molar-refractivity contribution in [3.8, 4) is 0 Å². The summed E-state index contributed by atoms with van der Waals surface area (Å²) < 4.78 is 13.2. The topological polar surface area (TPSA) is 34.1 Å². The van der Waals surface area contributed by atoms with E-state index in [1.54, 1.807) is 0 Å². The predicted molar refractivity (Wildman–Crippen MR) is 49.5 cm³/mol. The highest BCUT2D eigenvalue weighted by Crippen LogP contribution is 2.22. The Morgan fingerprint density at radius 2 is 2.15 bits per heavy atom. The monoisotopic (exact) mass is 244 g/mol. The largest absolute Gasteiger partial charge is 0.298 e. The number of hydrogen-bond donors (Lipinski definition) is 0. The first-order valence-corrected chi connectivity index (χ1v) is 4.30. The lowest BCUT2D eigenvalue weighted by atomic mass is 10.1. The van der Waals surface area contributed by atoms with Gasteiger partial charge in [-0.25, -0.2) is 4.39 Å². The van der Waals surface area contributed by atoms with Crippen LogP contribution in [-0.2, 0) is 0 Å². The molecule has 1 aromatic carbocycles. The molecular formula is C9H6BrFO2. The lowest BCUT2D eigenvalue weighted by Gasteiger charge is -2.02. The maximum atomic E-state index is 12.8. The molecule has 0 N–H and O–H groups in total. The minimum absolute atomic E-state index is 0.144. The summed E-state index contributed by atoms with van der Waals surface area (Å²) >= 11 is 3.06. The third kappa shape index (κ3) is 2.01. The van der Waals surface area contributed by atoms with Crippen molar-refractivity contribution in [2.75, 3.05) is 0 Å². The zero-order valence-corrected chi connectivity index (χ0v) is 8.39. The Morgan fingerprint density at radius 1 is 1.54 bits per heavy atom. The van der Waals surface area contributed by atoms with Crippen molar-refractivity contribution in [2.45, 2.75) is 6.92 Å². The molecule has 0 aliphatic carbocycles. The molecule has 13 heavy (non-hydrogen) atoms. The second kappa shape index (κ2) is 3.79. The van der Waals surface area contributed by atoms with Gasteiger partial charge in [-0.3, -0.25) is 9.59 Å². The first-order chi connectivity index (χ1) is 6.06. The molecule has 1 rings (SSSR count). The minimum atomic E-state index is -0.587. The lowest BCUT2D eigenvalue weighted by molar-refractivity contribution is 0.101. The molecule has 0 aliphatic rings. The minimum Gasteiger partial charge on any atom is -0.298 e. The molecule has 0 heterocycles. The Bertz CT molecular complexity index is 374. The van der Waals surface area contributed by atoms with Gasteiger partial charge in [-0.2, -0.15) is 0 Å². The molecule has 4 heteroatoms. The van der Waals surface area contributed by atoms with Gasteiger partial charge in [0.05, 0.1) is 0 Å². The maximum Gasteiger partial charge on any atom is 0.161 e. The van der Waals surface area contributed by atoms with Crippen molar-refractivity contribution in [1.82, 2.24) is 0 Å². The van der Waals surface area contributed by atoms with E-state index in [0.29, 0.717) is 10.8 Å². The molecule has 1 aromatic rings. The van der Waals surface area contributed by atoms with Gasteiger partial charge in [0.1, 0.15) is 5.82 Å². The van der Waals surface area contributed by atoms with E-state index in [1.165, 1.54) is 6.92 Å². The molecule has 0 spiro atoms. The summed E-state index contributed by atoms with van der Waals surface area (Å²) in [5.74, 6) is -0.870. The van der Waals surface area contributed by atoms with Crippen LogP contribution in [-0.4, -0.2) is 12.1 Å². The van der Waals surface area contributed by atoms with Crippen LogP contribution in [0.5, 0.6) is 0 Å². The molecule has 0 unspecified atom stereocenters. The van der Waals surface area contributed by atoms with Crippen LogP contribution < -0.4 is 0 Å². The maximum absolute atomic E-state index is 12.8. The van der Waals surface area contributed by atoms with Gasteiger partial charge in [-0.05, 0) is 35.0 Å². The van der Waals surface area contributed by atoms with Crippen LogP contribution in [0.2, 0.25) is 0 Å². The molecule has 2 nitrogen and oxygen atoms in total. The Hall–Kier alpha value is -1.03. The molecule has 0 atom stereocenters. The third-order valence-electron chi connectivity index (χ3n) is 1.57. The van der Waals surface area contributed by atoms with Gasteiger partial charge in [0.2, 0.25) is 0 Å². The fourth-order valence-corrected chi connectivity index (χ4v) is 1.55. The number of ketones is 1. The van der Waals surface area contributed by atoms with Gasteiger partial charge in [0, 0.05) is 15.6 Å². The number of hydrogen-bond acceptors (Lipinski definition) is 2. The number of Topliss-reactive ketones (excluding diaryl/α,β-unsaturated/α-hetero) is 1. The summed E-state index contributed by atoms with van der Waals surface area (Å²) in [6, 6.07) is 2.17. The summed E-state index contributed by atoms with van der Waals surface area (Å²) in [5.41, 5.74) is 0.326. The van der Waals surface area contributed by atoms with Crippen molar-refractivity contribution in [3.05, 3.63) is 33.5 Å². The normalized spacial score (nSPS) is 9.77. The molecule has 68 valence electrons. The van der Waals surface area contributed by atoms with E-state index in [4.69, 9.17) is 0 Å². The fraction of sp³-hybridized carbons (Fsp3) is 0.111. The Balaban J connectivity index is 3.44. The van der Waals surface area contributed by atoms with Crippen molar-refractivity contribution < 1.29 is 14.0 Å². The molecule has 0 saturated heterocycles. The average Bonchev–Trinajstić information content (AvgIpc) is 2.08. The number of aldehydes is 1. The van der Waals surface area contributed by atoms with E-state index in [0.717, 1.165) is 12.1 Å². The summed E-state index contributed by atoms with van der Waals surface area (Å²) in [4.78, 5) is 21.4. The summed E-state index contributed by atoms with van der Waals surface area (Å²) in [5, 5.41) is 0. The van der Waals surface area contributed by atoms with Crippen molar-refractivity contribution in [3.63, 3.8) is 0 Å². The Labute approximate surface area is 82.9 Å². The van der Waals surface area contributed by atoms with Crippen molar-refractivity contribution >= 4 is 28.0 Å². The average molecular weight is 245 g/mol. The van der Waals surface area contributed by atoms with Crippen LogP contribution in [0.25, 0.3) is 0 Å². The molecule has 0 bridgehead atoms. The Kier molecular flexibility index (Phi) is 2.93. The van der Waals surface area contributed by atoms with E-state index in [2.05, 4.69) is 15.9 Å². The van der Waals surface area contributed by atoms with Crippen LogP contribution in [0.15, 0.2) is 16.6 Å². The van der Waals surface area contributed by atoms with E-state index in [-0.39, 0.29) is 16.9 Å². The van der Waals surface area contributed by atoms with E-state index < -0.39 is 5.82 Å². The van der Waals surface area contributed by atoms with Gasteiger partial charge < -0.3 is 0 Å². The lowest BCUT2D eigenvalue weighted by Crippen LogP contribution is -1.98. The molecule has 0 radical (unpaired) electrons. The molecule has 0 aromatic heterocycles. The molecular weight excluding hydrogens is 239 g/mol. The zero-order chi connectivity index (χ0) is 10.0. The SMILES string of the molecule is CC(=O)c1cc(F)cc(C=O)c1Br. The van der Waals surface area contributed by atoms with Gasteiger partial charge in [0.15, 0.2) is 12.1 Å². The number of carbonyl (C=O) groups is 2. The molecule has 0 fully saturated rings. The van der Waals surface area contributed by atoms with Crippen LogP contribution in [0.1, 0.15) is 27.6 Å². The third-order valence-corrected chi connectivity index (χ3v) is 2.46. The number of carbonyl (C=O) groups excluding carboxylic acids is 2. The second-order valence-corrected chi connectivity index (χ2v) is 3.32. The first-order valence-electron chi connectivity index (χ1n) is 3.51. The summed E-state index contributed by atoms with van der Waals surface area (Å²) in [7, 11) is 0. The second-order valence-electron chi connectivity index (χ2n) is 2.53. The van der Waals surface area contributed by atoms with E-state index in [9.17, 15) is 14.0 Å². The summed E-state index contributed by atoms with van der Waals surface area (Å²) in [6.07, 6.45) is 0.500. The van der Waals surface area contributed by atoms with E-state index >= 15 is 0 Å². The smallest absolute Gasteiger partial charge is 0.161 e. The highest BCUT2D eigenvalue weighted by atomic mass is 79.9. The molecule has 0 aliphatic heterocycles.